The molecule has 0 aromatic rings. The molecule has 0 N–H and O–H groups in total. The molecule has 0 aromatic heterocycles. The summed E-state index contributed by atoms with van der Waals surface area (Å²) in [4.78, 5) is 24.7. The van der Waals surface area contributed by atoms with E-state index in [-0.39, 0.29) is 41.4 Å². The van der Waals surface area contributed by atoms with E-state index in [4.69, 9.17) is 9.47 Å². The summed E-state index contributed by atoms with van der Waals surface area (Å²) < 4.78 is 11.6. The Hall–Kier alpha value is -1.32. The molecule has 4 heteroatoms. The summed E-state index contributed by atoms with van der Waals surface area (Å²) in [6.45, 7) is 4.13. The molecule has 2 bridgehead atoms. The van der Waals surface area contributed by atoms with E-state index in [1.165, 1.54) is 5.57 Å². The van der Waals surface area contributed by atoms with E-state index in [1.54, 1.807) is 0 Å². The maximum absolute atomic E-state index is 12.6. The Bertz CT molecular complexity index is 558. The van der Waals surface area contributed by atoms with Gasteiger partial charge in [0.2, 0.25) is 0 Å². The van der Waals surface area contributed by atoms with Crippen molar-refractivity contribution in [1.82, 2.24) is 0 Å². The third kappa shape index (κ3) is 2.81. The number of hydrogen-bond acceptors (Lipinski definition) is 4. The Morgan fingerprint density at radius 3 is 2.43 bits per heavy atom. The minimum absolute atomic E-state index is 0.0790. The molecular weight excluding hydrogens is 292 g/mol. The van der Waals surface area contributed by atoms with Gasteiger partial charge in [-0.3, -0.25) is 9.59 Å². The Balaban J connectivity index is 1.38. The second-order valence-electron chi connectivity index (χ2n) is 8.30. The highest BCUT2D eigenvalue weighted by atomic mass is 16.6. The van der Waals surface area contributed by atoms with Crippen molar-refractivity contribution < 1.29 is 19.1 Å². The highest BCUT2D eigenvalue weighted by molar-refractivity contribution is 5.77. The Kier molecular flexibility index (Phi) is 3.54. The SMILES string of the molecule is CC1CC1C(=O)OC1C=C2CC(C(=O)OC3(C)CCCC3)C1C2. The molecule has 4 nitrogen and oxygen atoms in total. The van der Waals surface area contributed by atoms with Gasteiger partial charge in [-0.1, -0.05) is 12.5 Å². The van der Waals surface area contributed by atoms with Crippen LogP contribution in [-0.4, -0.2) is 23.6 Å². The molecule has 0 aliphatic heterocycles. The first-order valence-electron chi connectivity index (χ1n) is 9.08. The quantitative estimate of drug-likeness (QED) is 0.589. The van der Waals surface area contributed by atoms with E-state index in [2.05, 4.69) is 19.9 Å². The highest BCUT2D eigenvalue weighted by Crippen LogP contribution is 2.48. The molecule has 0 aromatic carbocycles. The predicted molar refractivity (Wildman–Crippen MR) is 84.4 cm³/mol. The van der Waals surface area contributed by atoms with Gasteiger partial charge in [-0.15, -0.1) is 0 Å². The van der Waals surface area contributed by atoms with Crippen molar-refractivity contribution in [3.8, 4) is 0 Å². The molecule has 4 aliphatic carbocycles. The van der Waals surface area contributed by atoms with Crippen LogP contribution in [-0.2, 0) is 19.1 Å². The fourth-order valence-electron chi connectivity index (χ4n) is 4.59. The van der Waals surface area contributed by atoms with Crippen LogP contribution in [0.2, 0.25) is 0 Å². The number of carbonyl (C=O) groups excluding carboxylic acids is 2. The lowest BCUT2D eigenvalue weighted by Crippen LogP contribution is -2.37. The third-order valence-corrected chi connectivity index (χ3v) is 6.29. The van der Waals surface area contributed by atoms with Gasteiger partial charge in [0, 0.05) is 5.92 Å². The van der Waals surface area contributed by atoms with Crippen molar-refractivity contribution in [2.24, 2.45) is 23.7 Å². The zero-order valence-corrected chi connectivity index (χ0v) is 14.0. The van der Waals surface area contributed by atoms with Gasteiger partial charge < -0.3 is 9.47 Å². The number of esters is 2. The van der Waals surface area contributed by atoms with Crippen molar-refractivity contribution in [3.63, 3.8) is 0 Å². The topological polar surface area (TPSA) is 52.6 Å². The highest BCUT2D eigenvalue weighted by Gasteiger charge is 2.50. The molecule has 4 aliphatic rings. The Morgan fingerprint density at radius 2 is 1.83 bits per heavy atom. The van der Waals surface area contributed by atoms with Crippen LogP contribution >= 0.6 is 0 Å². The molecule has 5 atom stereocenters. The van der Waals surface area contributed by atoms with Crippen molar-refractivity contribution in [1.29, 1.82) is 0 Å². The van der Waals surface area contributed by atoms with Gasteiger partial charge in [-0.25, -0.2) is 0 Å². The molecule has 0 spiro atoms. The number of ether oxygens (including phenoxy) is 2. The molecule has 126 valence electrons. The smallest absolute Gasteiger partial charge is 0.310 e. The normalized spacial score (nSPS) is 39.9. The third-order valence-electron chi connectivity index (χ3n) is 6.29. The van der Waals surface area contributed by atoms with Crippen LogP contribution in [0, 0.1) is 23.7 Å². The Morgan fingerprint density at radius 1 is 1.13 bits per heavy atom. The van der Waals surface area contributed by atoms with Crippen molar-refractivity contribution in [2.75, 3.05) is 0 Å². The van der Waals surface area contributed by atoms with Crippen molar-refractivity contribution >= 4 is 11.9 Å². The fraction of sp³-hybridized carbons (Fsp3) is 0.789. The summed E-state index contributed by atoms with van der Waals surface area (Å²) in [6.07, 6.45) is 8.68. The summed E-state index contributed by atoms with van der Waals surface area (Å²) in [6, 6.07) is 0. The zero-order chi connectivity index (χ0) is 16.2. The molecule has 0 heterocycles. The van der Waals surface area contributed by atoms with Gasteiger partial charge in [0.05, 0.1) is 11.8 Å². The number of rotatable bonds is 4. The Labute approximate surface area is 137 Å². The summed E-state index contributed by atoms with van der Waals surface area (Å²) in [7, 11) is 0. The molecule has 0 amide bonds. The number of fused-ring (bicyclic) bond motifs is 2. The first kappa shape index (κ1) is 15.2. The number of allylic oxidation sites excluding steroid dienone is 1. The van der Waals surface area contributed by atoms with Gasteiger partial charge in [-0.2, -0.15) is 0 Å². The van der Waals surface area contributed by atoms with E-state index < -0.39 is 0 Å². The van der Waals surface area contributed by atoms with Crippen LogP contribution in [0.3, 0.4) is 0 Å². The van der Waals surface area contributed by atoms with Gasteiger partial charge >= 0.3 is 11.9 Å². The summed E-state index contributed by atoms with van der Waals surface area (Å²) in [5, 5.41) is 0. The van der Waals surface area contributed by atoms with Crippen LogP contribution in [0.5, 0.6) is 0 Å². The first-order chi connectivity index (χ1) is 11.0. The van der Waals surface area contributed by atoms with Gasteiger partial charge in [0.15, 0.2) is 0 Å². The monoisotopic (exact) mass is 318 g/mol. The average molecular weight is 318 g/mol. The number of carbonyl (C=O) groups is 2. The van der Waals surface area contributed by atoms with Crippen LogP contribution in [0.25, 0.3) is 0 Å². The molecule has 3 saturated carbocycles. The van der Waals surface area contributed by atoms with Gasteiger partial charge in [0.1, 0.15) is 11.7 Å². The van der Waals surface area contributed by atoms with E-state index in [9.17, 15) is 9.59 Å². The van der Waals surface area contributed by atoms with Crippen molar-refractivity contribution in [2.45, 2.75) is 70.5 Å². The summed E-state index contributed by atoms with van der Waals surface area (Å²) >= 11 is 0. The molecule has 23 heavy (non-hydrogen) atoms. The predicted octanol–water partition coefficient (Wildman–Crippen LogP) is 3.40. The summed E-state index contributed by atoms with van der Waals surface area (Å²) in [5.41, 5.74) is 0.985. The first-order valence-corrected chi connectivity index (χ1v) is 9.08. The second kappa shape index (κ2) is 5.35. The molecular formula is C19H26O4. The second-order valence-corrected chi connectivity index (χ2v) is 8.30. The molecule has 4 rings (SSSR count). The lowest BCUT2D eigenvalue weighted by atomic mass is 9.89. The summed E-state index contributed by atoms with van der Waals surface area (Å²) in [5.74, 6) is 0.347. The standard InChI is InChI=1S/C19H26O4/c1-11-7-13(11)17(20)22-16-10-12-8-14(16)15(9-12)18(21)23-19(2)5-3-4-6-19/h10-11,13-16H,3-9H2,1-2H3. The van der Waals surface area contributed by atoms with E-state index in [0.717, 1.165) is 44.9 Å². The fourth-order valence-corrected chi connectivity index (χ4v) is 4.59. The van der Waals surface area contributed by atoms with Gasteiger partial charge in [-0.05, 0) is 63.9 Å². The lowest BCUT2D eigenvalue weighted by molar-refractivity contribution is -0.168. The van der Waals surface area contributed by atoms with Gasteiger partial charge in [0.25, 0.3) is 0 Å². The average Bonchev–Trinajstić information content (AvgIpc) is 2.87. The van der Waals surface area contributed by atoms with E-state index in [1.807, 2.05) is 0 Å². The lowest BCUT2D eigenvalue weighted by Gasteiger charge is -2.30. The van der Waals surface area contributed by atoms with E-state index in [0.29, 0.717) is 5.92 Å². The molecule has 5 unspecified atom stereocenters. The zero-order valence-electron chi connectivity index (χ0n) is 14.0. The molecule has 0 radical (unpaired) electrons. The maximum atomic E-state index is 12.6. The van der Waals surface area contributed by atoms with Crippen LogP contribution < -0.4 is 0 Å². The van der Waals surface area contributed by atoms with Crippen LogP contribution in [0.15, 0.2) is 11.6 Å². The number of hydrogen-bond donors (Lipinski definition) is 0. The van der Waals surface area contributed by atoms with Crippen LogP contribution in [0.4, 0.5) is 0 Å². The van der Waals surface area contributed by atoms with Crippen LogP contribution in [0.1, 0.15) is 58.8 Å². The minimum Gasteiger partial charge on any atom is -0.459 e. The maximum Gasteiger partial charge on any atom is 0.310 e. The minimum atomic E-state index is -0.275. The molecule has 0 saturated heterocycles. The molecule has 3 fully saturated rings. The van der Waals surface area contributed by atoms with Crippen molar-refractivity contribution in [3.05, 3.63) is 11.6 Å². The van der Waals surface area contributed by atoms with E-state index >= 15 is 0 Å². The largest absolute Gasteiger partial charge is 0.459 e.